The lowest BCUT2D eigenvalue weighted by atomic mass is 9.93. The van der Waals surface area contributed by atoms with Crippen molar-refractivity contribution in [3.05, 3.63) is 65.7 Å². The summed E-state index contributed by atoms with van der Waals surface area (Å²) in [6.07, 6.45) is 2.51. The maximum atomic E-state index is 14.3. The van der Waals surface area contributed by atoms with Crippen molar-refractivity contribution >= 4 is 22.6 Å². The Morgan fingerprint density at radius 3 is 2.64 bits per heavy atom. The fourth-order valence-corrected chi connectivity index (χ4v) is 2.60. The molecule has 0 bridgehead atoms. The van der Waals surface area contributed by atoms with Gasteiger partial charge < -0.3 is 11.5 Å². The number of hydrogen-bond acceptors (Lipinski definition) is 3. The Balaban J connectivity index is 2.34. The van der Waals surface area contributed by atoms with Gasteiger partial charge in [-0.25, -0.2) is 4.39 Å². The monoisotopic (exact) mass is 333 g/mol. The average Bonchev–Trinajstić information content (AvgIpc) is 2.60. The van der Waals surface area contributed by atoms with Crippen molar-refractivity contribution in [2.45, 2.75) is 0 Å². The number of aliphatic imine (C=N–C) groups is 1. The van der Waals surface area contributed by atoms with Gasteiger partial charge in [-0.3, -0.25) is 9.78 Å². The van der Waals surface area contributed by atoms with Gasteiger partial charge in [-0.1, -0.05) is 12.1 Å². The lowest BCUT2D eigenvalue weighted by Crippen LogP contribution is -2.24. The molecule has 7 heteroatoms. The highest BCUT2D eigenvalue weighted by atomic mass is 19.1. The van der Waals surface area contributed by atoms with E-state index in [2.05, 4.69) is 16.0 Å². The van der Waals surface area contributed by atoms with Crippen LogP contribution in [0.2, 0.25) is 0 Å². The first kappa shape index (κ1) is 16.1. The number of rotatable bonds is 2. The molecule has 0 unspecified atom stereocenters. The summed E-state index contributed by atoms with van der Waals surface area (Å²) in [6.45, 7) is 0. The van der Waals surface area contributed by atoms with E-state index in [1.807, 2.05) is 0 Å². The van der Waals surface area contributed by atoms with E-state index in [0.717, 1.165) is 11.6 Å². The Hall–Kier alpha value is -3.79. The number of nitriles is 1. The number of pyridine rings is 1. The number of nitrogens with two attached hydrogens (primary N) is 2. The summed E-state index contributed by atoms with van der Waals surface area (Å²) in [5.74, 6) is -1.53. The molecule has 0 aliphatic rings. The Morgan fingerprint density at radius 1 is 1.20 bits per heavy atom. The van der Waals surface area contributed by atoms with Gasteiger partial charge in [-0.2, -0.15) is 10.3 Å². The molecule has 1 aromatic heterocycles. The lowest BCUT2D eigenvalue weighted by Gasteiger charge is -2.11. The highest BCUT2D eigenvalue weighted by Gasteiger charge is 2.15. The van der Waals surface area contributed by atoms with Crippen LogP contribution in [-0.4, -0.2) is 16.9 Å². The Labute approximate surface area is 142 Å². The van der Waals surface area contributed by atoms with Crippen LogP contribution in [0, 0.1) is 17.1 Å². The molecule has 4 N–H and O–H groups in total. The van der Waals surface area contributed by atoms with Gasteiger partial charge in [0, 0.05) is 22.9 Å². The maximum Gasteiger partial charge on any atom is 0.280 e. The van der Waals surface area contributed by atoms with E-state index in [1.165, 1.54) is 12.3 Å². The molecule has 0 aliphatic carbocycles. The molecule has 1 heterocycles. The fourth-order valence-electron chi connectivity index (χ4n) is 2.60. The molecule has 0 fully saturated rings. The molecule has 122 valence electrons. The third-order valence-electron chi connectivity index (χ3n) is 3.66. The minimum absolute atomic E-state index is 0.226. The lowest BCUT2D eigenvalue weighted by molar-refractivity contribution is 0.100. The zero-order valence-corrected chi connectivity index (χ0v) is 12.9. The summed E-state index contributed by atoms with van der Waals surface area (Å²) in [4.78, 5) is 19.3. The quantitative estimate of drug-likeness (QED) is 0.551. The second-order valence-electron chi connectivity index (χ2n) is 5.23. The molecular weight excluding hydrogens is 321 g/mol. The first-order chi connectivity index (χ1) is 12.0. The first-order valence-electron chi connectivity index (χ1n) is 7.22. The third kappa shape index (κ3) is 3.01. The highest BCUT2D eigenvalue weighted by Crippen LogP contribution is 2.34. The van der Waals surface area contributed by atoms with Gasteiger partial charge >= 0.3 is 0 Å². The highest BCUT2D eigenvalue weighted by molar-refractivity contribution is 6.07. The molecular formula is C18H12FN5O. The molecule has 0 spiro atoms. The Kier molecular flexibility index (Phi) is 4.10. The molecule has 0 aliphatic heterocycles. The number of halogens is 1. The smallest absolute Gasteiger partial charge is 0.280 e. The van der Waals surface area contributed by atoms with E-state index in [1.54, 1.807) is 30.3 Å². The van der Waals surface area contributed by atoms with Crippen molar-refractivity contribution in [2.24, 2.45) is 16.5 Å². The summed E-state index contributed by atoms with van der Waals surface area (Å²) in [5.41, 5.74) is 11.6. The van der Waals surface area contributed by atoms with Crippen LogP contribution in [0.25, 0.3) is 21.9 Å². The fraction of sp³-hybridized carbons (Fsp3) is 0. The maximum absolute atomic E-state index is 14.3. The summed E-state index contributed by atoms with van der Waals surface area (Å²) < 4.78 is 14.3. The van der Waals surface area contributed by atoms with E-state index < -0.39 is 11.7 Å². The van der Waals surface area contributed by atoms with Crippen molar-refractivity contribution in [1.29, 1.82) is 5.26 Å². The molecule has 0 radical (unpaired) electrons. The van der Waals surface area contributed by atoms with E-state index in [-0.39, 0.29) is 22.6 Å². The van der Waals surface area contributed by atoms with Crippen LogP contribution < -0.4 is 11.5 Å². The molecule has 0 saturated carbocycles. The molecule has 6 nitrogen and oxygen atoms in total. The number of amides is 1. The van der Waals surface area contributed by atoms with Gasteiger partial charge in [-0.05, 0) is 35.0 Å². The summed E-state index contributed by atoms with van der Waals surface area (Å²) in [6, 6.07) is 11.7. The van der Waals surface area contributed by atoms with Crippen LogP contribution in [0.5, 0.6) is 0 Å². The minimum Gasteiger partial charge on any atom is -0.370 e. The number of aromatic nitrogens is 1. The van der Waals surface area contributed by atoms with Crippen LogP contribution >= 0.6 is 0 Å². The molecule has 25 heavy (non-hydrogen) atoms. The minimum atomic E-state index is -0.620. The number of carbonyl (C=O) groups excluding carboxylic acids is 1. The van der Waals surface area contributed by atoms with Crippen molar-refractivity contribution in [3.8, 4) is 17.2 Å². The van der Waals surface area contributed by atoms with Crippen molar-refractivity contribution in [1.82, 2.24) is 4.98 Å². The van der Waals surface area contributed by atoms with Crippen LogP contribution in [-0.2, 0) is 0 Å². The van der Waals surface area contributed by atoms with Gasteiger partial charge in [0.1, 0.15) is 5.82 Å². The van der Waals surface area contributed by atoms with Crippen molar-refractivity contribution < 1.29 is 9.18 Å². The number of hydrogen-bond donors (Lipinski definition) is 2. The second-order valence-corrected chi connectivity index (χ2v) is 5.23. The van der Waals surface area contributed by atoms with Gasteiger partial charge in [-0.15, -0.1) is 0 Å². The van der Waals surface area contributed by atoms with Gasteiger partial charge in [0.25, 0.3) is 5.91 Å². The van der Waals surface area contributed by atoms with E-state index in [9.17, 15) is 14.4 Å². The van der Waals surface area contributed by atoms with Crippen LogP contribution in [0.1, 0.15) is 15.9 Å². The molecule has 0 saturated heterocycles. The number of guanidine groups is 1. The standard InChI is InChI=1S/C18H12FN5O/c19-15-9-23-6-5-13(15)16-12(8-20)4-2-10-1-3-11(7-14(10)16)17(25)24-18(21)22/h1-7,9H,(H4,21,22,24,25). The SMILES string of the molecule is N#Cc1ccc2ccc(C(=O)N=C(N)N)cc2c1-c1ccncc1F. The third-order valence-corrected chi connectivity index (χ3v) is 3.66. The number of benzene rings is 2. The number of nitrogens with zero attached hydrogens (tertiary/aromatic N) is 3. The predicted octanol–water partition coefficient (Wildman–Crippen LogP) is 2.33. The normalized spacial score (nSPS) is 10.2. The van der Waals surface area contributed by atoms with E-state index in [0.29, 0.717) is 10.9 Å². The van der Waals surface area contributed by atoms with E-state index in [4.69, 9.17) is 11.5 Å². The summed E-state index contributed by atoms with van der Waals surface area (Å²) >= 11 is 0. The molecule has 3 rings (SSSR count). The zero-order chi connectivity index (χ0) is 18.0. The zero-order valence-electron chi connectivity index (χ0n) is 12.9. The topological polar surface area (TPSA) is 118 Å². The first-order valence-corrected chi connectivity index (χ1v) is 7.22. The van der Waals surface area contributed by atoms with Gasteiger partial charge in [0.15, 0.2) is 5.96 Å². The molecule has 1 amide bonds. The number of carbonyl (C=O) groups is 1. The molecule has 2 aromatic carbocycles. The second kappa shape index (κ2) is 6.37. The van der Waals surface area contributed by atoms with Gasteiger partial charge in [0.2, 0.25) is 0 Å². The van der Waals surface area contributed by atoms with E-state index >= 15 is 0 Å². The van der Waals surface area contributed by atoms with Crippen LogP contribution in [0.4, 0.5) is 4.39 Å². The predicted molar refractivity (Wildman–Crippen MR) is 92.0 cm³/mol. The van der Waals surface area contributed by atoms with Crippen LogP contribution in [0.3, 0.4) is 0 Å². The Morgan fingerprint density at radius 2 is 1.96 bits per heavy atom. The molecule has 3 aromatic rings. The summed E-state index contributed by atoms with van der Waals surface area (Å²) in [5, 5.41) is 10.7. The summed E-state index contributed by atoms with van der Waals surface area (Å²) in [7, 11) is 0. The molecule has 0 atom stereocenters. The largest absolute Gasteiger partial charge is 0.370 e. The van der Waals surface area contributed by atoms with Crippen molar-refractivity contribution in [2.75, 3.05) is 0 Å². The van der Waals surface area contributed by atoms with Gasteiger partial charge in [0.05, 0.1) is 17.8 Å². The van der Waals surface area contributed by atoms with Crippen molar-refractivity contribution in [3.63, 3.8) is 0 Å². The average molecular weight is 333 g/mol. The van der Waals surface area contributed by atoms with Crippen LogP contribution in [0.15, 0.2) is 53.8 Å². The number of fused-ring (bicyclic) bond motifs is 1. The Bertz CT molecular complexity index is 1060.